The van der Waals surface area contributed by atoms with Gasteiger partial charge >= 0.3 is 0 Å². The second kappa shape index (κ2) is 6.50. The molecular formula is C26H30N2O2. The largest absolute Gasteiger partial charge is 0.508 e. The number of phenolic OH excluding ortho intramolecular Hbond substituents is 1. The van der Waals surface area contributed by atoms with Crippen molar-refractivity contribution < 1.29 is 9.84 Å². The highest BCUT2D eigenvalue weighted by Gasteiger charge is 2.65. The highest BCUT2D eigenvalue weighted by Crippen LogP contribution is 2.66. The fraction of sp³-hybridized carbons (Fsp3) is 0.500. The van der Waals surface area contributed by atoms with Crippen molar-refractivity contribution in [3.05, 3.63) is 59.7 Å². The highest BCUT2D eigenvalue weighted by molar-refractivity contribution is 5.90. The summed E-state index contributed by atoms with van der Waals surface area (Å²) in [6.45, 7) is 3.26. The van der Waals surface area contributed by atoms with E-state index >= 15 is 0 Å². The molecule has 1 heterocycles. The highest BCUT2D eigenvalue weighted by atomic mass is 16.5. The van der Waals surface area contributed by atoms with Gasteiger partial charge < -0.3 is 15.2 Å². The van der Waals surface area contributed by atoms with E-state index in [0.29, 0.717) is 23.6 Å². The number of ether oxygens (including phenoxy) is 1. The summed E-state index contributed by atoms with van der Waals surface area (Å²) in [5.74, 6) is 2.44. The van der Waals surface area contributed by atoms with Gasteiger partial charge in [-0.3, -0.25) is 0 Å². The monoisotopic (exact) mass is 402 g/mol. The molecule has 4 aliphatic rings. The van der Waals surface area contributed by atoms with E-state index in [1.165, 1.54) is 36.8 Å². The Morgan fingerprint density at radius 3 is 2.80 bits per heavy atom. The molecule has 3 aliphatic carbocycles. The second-order valence-electron chi connectivity index (χ2n) is 10.0. The second-order valence-corrected chi connectivity index (χ2v) is 10.0. The van der Waals surface area contributed by atoms with E-state index in [0.717, 1.165) is 31.0 Å². The molecule has 6 rings (SSSR count). The fourth-order valence-electron chi connectivity index (χ4n) is 7.25. The normalized spacial score (nSPS) is 36.4. The molecule has 0 amide bonds. The number of nitrogens with zero attached hydrogens (tertiary/aromatic N) is 1. The molecule has 1 aliphatic heterocycles. The van der Waals surface area contributed by atoms with E-state index in [2.05, 4.69) is 30.4 Å². The minimum atomic E-state index is -0.158. The number of benzene rings is 2. The Labute approximate surface area is 178 Å². The quantitative estimate of drug-likeness (QED) is 0.664. The zero-order chi connectivity index (χ0) is 20.3. The minimum Gasteiger partial charge on any atom is -0.508 e. The number of nitrogens with one attached hydrogen (secondary N) is 1. The molecule has 0 aromatic heterocycles. The van der Waals surface area contributed by atoms with Crippen molar-refractivity contribution in [2.45, 2.75) is 57.0 Å². The summed E-state index contributed by atoms with van der Waals surface area (Å²) in [7, 11) is 0. The van der Waals surface area contributed by atoms with Gasteiger partial charge in [0, 0.05) is 11.1 Å². The van der Waals surface area contributed by atoms with Crippen LogP contribution in [0.4, 0.5) is 5.69 Å². The van der Waals surface area contributed by atoms with Crippen LogP contribution in [0.25, 0.3) is 0 Å². The van der Waals surface area contributed by atoms with Gasteiger partial charge in [-0.25, -0.2) is 4.99 Å². The van der Waals surface area contributed by atoms with E-state index in [-0.39, 0.29) is 11.0 Å². The van der Waals surface area contributed by atoms with Crippen LogP contribution >= 0.6 is 0 Å². The van der Waals surface area contributed by atoms with Gasteiger partial charge in [0.1, 0.15) is 11.4 Å². The first-order valence-corrected chi connectivity index (χ1v) is 11.5. The molecule has 2 aromatic carbocycles. The number of amidine groups is 1. The number of aromatic hydroxyl groups is 1. The number of aryl methyl sites for hydroxylation is 1. The lowest BCUT2D eigenvalue weighted by atomic mass is 9.53. The van der Waals surface area contributed by atoms with Crippen molar-refractivity contribution in [2.24, 2.45) is 22.2 Å². The molecule has 0 bridgehead atoms. The maximum absolute atomic E-state index is 9.91. The Hall–Kier alpha value is -2.49. The van der Waals surface area contributed by atoms with Crippen molar-refractivity contribution in [3.8, 4) is 5.75 Å². The Kier molecular flexibility index (Phi) is 3.96. The molecule has 4 heteroatoms. The number of hydrogen-bond donors (Lipinski definition) is 2. The SMILES string of the molecule is C[C@]12CC[C@@H]3c4ccc(O)cc4CC[C@H]3[C@@H]1CC[C@@]21CN=C(Nc2ccccc2)O1. The van der Waals surface area contributed by atoms with Crippen LogP contribution < -0.4 is 5.32 Å². The van der Waals surface area contributed by atoms with Crippen molar-refractivity contribution in [2.75, 3.05) is 11.9 Å². The van der Waals surface area contributed by atoms with Gasteiger partial charge in [0.25, 0.3) is 6.02 Å². The summed E-state index contributed by atoms with van der Waals surface area (Å²) in [4.78, 5) is 4.81. The first-order valence-electron chi connectivity index (χ1n) is 11.5. The van der Waals surface area contributed by atoms with Gasteiger partial charge in [0.2, 0.25) is 0 Å². The van der Waals surface area contributed by atoms with E-state index < -0.39 is 0 Å². The van der Waals surface area contributed by atoms with Crippen LogP contribution in [0, 0.1) is 17.3 Å². The van der Waals surface area contributed by atoms with Crippen LogP contribution in [0.15, 0.2) is 53.5 Å². The molecule has 156 valence electrons. The summed E-state index contributed by atoms with van der Waals surface area (Å²) >= 11 is 0. The lowest BCUT2D eigenvalue weighted by Gasteiger charge is -2.53. The zero-order valence-electron chi connectivity index (χ0n) is 17.6. The van der Waals surface area contributed by atoms with Gasteiger partial charge in [0.15, 0.2) is 0 Å². The number of para-hydroxylation sites is 1. The third kappa shape index (κ3) is 2.55. The number of hydrogen-bond acceptors (Lipinski definition) is 4. The van der Waals surface area contributed by atoms with E-state index in [1.807, 2.05) is 30.3 Å². The Morgan fingerprint density at radius 1 is 1.07 bits per heavy atom. The number of phenols is 1. The smallest absolute Gasteiger partial charge is 0.289 e. The summed E-state index contributed by atoms with van der Waals surface area (Å²) in [5.41, 5.74) is 3.90. The maximum atomic E-state index is 9.91. The fourth-order valence-corrected chi connectivity index (χ4v) is 7.25. The Bertz CT molecular complexity index is 1000. The van der Waals surface area contributed by atoms with Crippen molar-refractivity contribution >= 4 is 11.7 Å². The molecule has 1 spiro atoms. The predicted octanol–water partition coefficient (Wildman–Crippen LogP) is 5.49. The lowest BCUT2D eigenvalue weighted by molar-refractivity contribution is -0.0754. The number of rotatable bonds is 1. The Morgan fingerprint density at radius 2 is 1.93 bits per heavy atom. The van der Waals surface area contributed by atoms with Crippen LogP contribution in [0.5, 0.6) is 5.75 Å². The summed E-state index contributed by atoms with van der Waals surface area (Å²) in [6, 6.07) is 16.9. The van der Waals surface area contributed by atoms with E-state index in [4.69, 9.17) is 9.73 Å². The van der Waals surface area contributed by atoms with Gasteiger partial charge in [-0.2, -0.15) is 0 Å². The predicted molar refractivity (Wildman–Crippen MR) is 119 cm³/mol. The average Bonchev–Trinajstić information content (AvgIpc) is 3.30. The molecule has 2 aromatic rings. The summed E-state index contributed by atoms with van der Waals surface area (Å²) in [5, 5.41) is 13.3. The topological polar surface area (TPSA) is 53.9 Å². The van der Waals surface area contributed by atoms with Crippen LogP contribution in [0.2, 0.25) is 0 Å². The van der Waals surface area contributed by atoms with Crippen LogP contribution in [-0.2, 0) is 11.2 Å². The minimum absolute atomic E-state index is 0.158. The molecule has 5 atom stereocenters. The molecule has 4 nitrogen and oxygen atoms in total. The van der Waals surface area contributed by atoms with Gasteiger partial charge in [-0.15, -0.1) is 0 Å². The zero-order valence-corrected chi connectivity index (χ0v) is 17.6. The molecule has 0 unspecified atom stereocenters. The lowest BCUT2D eigenvalue weighted by Crippen LogP contribution is -2.53. The van der Waals surface area contributed by atoms with Gasteiger partial charge in [-0.05, 0) is 91.7 Å². The molecule has 0 saturated heterocycles. The number of anilines is 1. The first kappa shape index (κ1) is 18.3. The molecule has 0 radical (unpaired) electrons. The van der Waals surface area contributed by atoms with Crippen molar-refractivity contribution in [1.82, 2.24) is 0 Å². The van der Waals surface area contributed by atoms with Crippen LogP contribution in [0.3, 0.4) is 0 Å². The first-order chi connectivity index (χ1) is 14.6. The molecule has 2 saturated carbocycles. The third-order valence-corrected chi connectivity index (χ3v) is 8.79. The number of fused-ring (bicyclic) bond motifs is 6. The van der Waals surface area contributed by atoms with Gasteiger partial charge in [0.05, 0.1) is 6.54 Å². The number of aliphatic imine (C=N–C) groups is 1. The van der Waals surface area contributed by atoms with Crippen molar-refractivity contribution in [1.29, 1.82) is 0 Å². The van der Waals surface area contributed by atoms with Crippen molar-refractivity contribution in [3.63, 3.8) is 0 Å². The van der Waals surface area contributed by atoms with Crippen LogP contribution in [-0.4, -0.2) is 23.3 Å². The molecule has 30 heavy (non-hydrogen) atoms. The summed E-state index contributed by atoms with van der Waals surface area (Å²) in [6.07, 6.45) is 7.05. The molecular weight excluding hydrogens is 372 g/mol. The average molecular weight is 403 g/mol. The molecule has 2 N–H and O–H groups in total. The summed E-state index contributed by atoms with van der Waals surface area (Å²) < 4.78 is 6.66. The van der Waals surface area contributed by atoms with E-state index in [1.54, 1.807) is 0 Å². The maximum Gasteiger partial charge on any atom is 0.289 e. The van der Waals surface area contributed by atoms with Crippen LogP contribution in [0.1, 0.15) is 56.1 Å². The third-order valence-electron chi connectivity index (χ3n) is 8.79. The molecule has 2 fully saturated rings. The Balaban J connectivity index is 1.25. The standard InChI is InChI=1S/C26H30N2O2/c1-25-13-11-21-20-10-8-19(29)15-17(20)7-9-22(21)23(25)12-14-26(25)16-27-24(30-26)28-18-5-3-2-4-6-18/h2-6,8,10,15,21-23,29H,7,9,11-14,16H2,1H3,(H,27,28)/t21-,22-,23+,25+,26-/m1/s1. The van der Waals surface area contributed by atoms with Gasteiger partial charge in [-0.1, -0.05) is 31.2 Å². The van der Waals surface area contributed by atoms with E-state index in [9.17, 15) is 5.11 Å².